The van der Waals surface area contributed by atoms with E-state index >= 15 is 0 Å². The van der Waals surface area contributed by atoms with Crippen LogP contribution in [0.15, 0.2) is 24.4 Å². The van der Waals surface area contributed by atoms with Crippen molar-refractivity contribution in [3.05, 3.63) is 53.4 Å². The minimum Gasteiger partial charge on any atom is -0.387 e. The molecule has 8 heteroatoms. The summed E-state index contributed by atoms with van der Waals surface area (Å²) in [5.74, 6) is -7.59. The van der Waals surface area contributed by atoms with Crippen LogP contribution in [0.25, 0.3) is 0 Å². The van der Waals surface area contributed by atoms with Gasteiger partial charge in [0.1, 0.15) is 11.4 Å². The van der Waals surface area contributed by atoms with Crippen LogP contribution in [0.5, 0.6) is 0 Å². The van der Waals surface area contributed by atoms with Gasteiger partial charge in [0.2, 0.25) is 0 Å². The van der Waals surface area contributed by atoms with E-state index in [0.29, 0.717) is 5.69 Å². The standard InChI is InChI=1S/C13H9F4N3O/c1-18-6-2-3-9(19-5-6)13(21)20-12-10(16)7(14)4-8(15)11(12)17/h2-5,18H,1H3,(H,20,21). The Balaban J connectivity index is 2.31. The molecular weight excluding hydrogens is 290 g/mol. The van der Waals surface area contributed by atoms with Gasteiger partial charge in [-0.2, -0.15) is 0 Å². The smallest absolute Gasteiger partial charge is 0.274 e. The van der Waals surface area contributed by atoms with Gasteiger partial charge in [0.05, 0.1) is 11.9 Å². The highest BCUT2D eigenvalue weighted by atomic mass is 19.2. The van der Waals surface area contributed by atoms with E-state index in [1.54, 1.807) is 12.4 Å². The number of amides is 1. The molecule has 0 aliphatic rings. The van der Waals surface area contributed by atoms with E-state index in [9.17, 15) is 22.4 Å². The number of benzene rings is 1. The fourth-order valence-corrected chi connectivity index (χ4v) is 1.54. The number of nitrogens with zero attached hydrogens (tertiary/aromatic N) is 1. The van der Waals surface area contributed by atoms with Gasteiger partial charge in [-0.05, 0) is 12.1 Å². The molecule has 21 heavy (non-hydrogen) atoms. The second kappa shape index (κ2) is 5.78. The molecule has 0 spiro atoms. The molecule has 0 radical (unpaired) electrons. The minimum absolute atomic E-state index is 0.0558. The first-order valence-corrected chi connectivity index (χ1v) is 5.72. The Morgan fingerprint density at radius 2 is 1.71 bits per heavy atom. The first kappa shape index (κ1) is 14.8. The predicted molar refractivity (Wildman–Crippen MR) is 68.0 cm³/mol. The Labute approximate surface area is 116 Å². The fraction of sp³-hybridized carbons (Fsp3) is 0.0769. The molecule has 4 nitrogen and oxygen atoms in total. The lowest BCUT2D eigenvalue weighted by molar-refractivity contribution is 0.102. The second-order valence-electron chi connectivity index (χ2n) is 3.98. The monoisotopic (exact) mass is 299 g/mol. The van der Waals surface area contributed by atoms with Gasteiger partial charge >= 0.3 is 0 Å². The number of carbonyl (C=O) groups excluding carboxylic acids is 1. The minimum atomic E-state index is -1.69. The summed E-state index contributed by atoms with van der Waals surface area (Å²) in [7, 11) is 1.64. The van der Waals surface area contributed by atoms with Crippen molar-refractivity contribution in [2.45, 2.75) is 0 Å². The largest absolute Gasteiger partial charge is 0.387 e. The summed E-state index contributed by atoms with van der Waals surface area (Å²) in [6, 6.07) is 2.84. The Morgan fingerprint density at radius 1 is 1.10 bits per heavy atom. The van der Waals surface area contributed by atoms with Gasteiger partial charge in [-0.1, -0.05) is 0 Å². The molecule has 1 heterocycles. The van der Waals surface area contributed by atoms with Gasteiger partial charge < -0.3 is 10.6 Å². The summed E-state index contributed by atoms with van der Waals surface area (Å²) in [4.78, 5) is 15.5. The number of aromatic nitrogens is 1. The van der Waals surface area contributed by atoms with Gasteiger partial charge in [0.15, 0.2) is 23.3 Å². The molecule has 1 amide bonds. The normalized spacial score (nSPS) is 10.3. The maximum absolute atomic E-state index is 13.4. The lowest BCUT2D eigenvalue weighted by Crippen LogP contribution is -2.17. The van der Waals surface area contributed by atoms with Gasteiger partial charge in [-0.3, -0.25) is 4.79 Å². The van der Waals surface area contributed by atoms with Gasteiger partial charge in [0, 0.05) is 13.1 Å². The molecule has 2 rings (SSSR count). The number of hydrogen-bond acceptors (Lipinski definition) is 3. The number of halogens is 4. The van der Waals surface area contributed by atoms with E-state index in [1.165, 1.54) is 18.3 Å². The molecule has 0 aliphatic heterocycles. The van der Waals surface area contributed by atoms with E-state index in [0.717, 1.165) is 0 Å². The van der Waals surface area contributed by atoms with Gasteiger partial charge in [0.25, 0.3) is 5.91 Å². The van der Waals surface area contributed by atoms with E-state index in [4.69, 9.17) is 0 Å². The van der Waals surface area contributed by atoms with Crippen LogP contribution in [0.2, 0.25) is 0 Å². The van der Waals surface area contributed by atoms with Crippen LogP contribution in [-0.4, -0.2) is 17.9 Å². The van der Waals surface area contributed by atoms with Crippen molar-refractivity contribution >= 4 is 17.3 Å². The van der Waals surface area contributed by atoms with Crippen molar-refractivity contribution in [2.75, 3.05) is 17.7 Å². The summed E-state index contributed by atoms with van der Waals surface area (Å²) < 4.78 is 52.9. The zero-order valence-electron chi connectivity index (χ0n) is 10.7. The molecule has 0 aliphatic carbocycles. The molecule has 110 valence electrons. The lowest BCUT2D eigenvalue weighted by atomic mass is 10.2. The summed E-state index contributed by atoms with van der Waals surface area (Å²) >= 11 is 0. The lowest BCUT2D eigenvalue weighted by Gasteiger charge is -2.09. The van der Waals surface area contributed by atoms with E-state index in [2.05, 4.69) is 10.3 Å². The predicted octanol–water partition coefficient (Wildman–Crippen LogP) is 2.93. The maximum Gasteiger partial charge on any atom is 0.274 e. The van der Waals surface area contributed by atoms with Crippen LogP contribution in [0.3, 0.4) is 0 Å². The van der Waals surface area contributed by atoms with Crippen molar-refractivity contribution in [3.63, 3.8) is 0 Å². The zero-order valence-corrected chi connectivity index (χ0v) is 10.7. The Morgan fingerprint density at radius 3 is 2.19 bits per heavy atom. The molecule has 0 unspecified atom stereocenters. The molecule has 0 saturated carbocycles. The number of anilines is 2. The summed E-state index contributed by atoms with van der Waals surface area (Å²) in [6.07, 6.45) is 1.31. The van der Waals surface area contributed by atoms with Crippen LogP contribution in [0.1, 0.15) is 10.5 Å². The molecule has 2 N–H and O–H groups in total. The number of hydrogen-bond donors (Lipinski definition) is 2. The van der Waals surface area contributed by atoms with Gasteiger partial charge in [-0.25, -0.2) is 22.5 Å². The molecule has 0 saturated heterocycles. The quantitative estimate of drug-likeness (QED) is 0.677. The molecular formula is C13H9F4N3O. The highest BCUT2D eigenvalue weighted by Crippen LogP contribution is 2.24. The average molecular weight is 299 g/mol. The topological polar surface area (TPSA) is 54.0 Å². The van der Waals surface area contributed by atoms with Crippen LogP contribution < -0.4 is 10.6 Å². The molecule has 1 aromatic heterocycles. The number of pyridine rings is 1. The van der Waals surface area contributed by atoms with Crippen LogP contribution >= 0.6 is 0 Å². The SMILES string of the molecule is CNc1ccc(C(=O)Nc2c(F)c(F)cc(F)c2F)nc1. The fourth-order valence-electron chi connectivity index (χ4n) is 1.54. The third-order valence-corrected chi connectivity index (χ3v) is 2.64. The number of carbonyl (C=O) groups is 1. The molecule has 1 aromatic carbocycles. The zero-order chi connectivity index (χ0) is 15.6. The third-order valence-electron chi connectivity index (χ3n) is 2.64. The van der Waals surface area contributed by atoms with Crippen molar-refractivity contribution in [2.24, 2.45) is 0 Å². The van der Waals surface area contributed by atoms with Gasteiger partial charge in [-0.15, -0.1) is 0 Å². The van der Waals surface area contributed by atoms with Crippen LogP contribution in [0, 0.1) is 23.3 Å². The van der Waals surface area contributed by atoms with Crippen molar-refractivity contribution in [3.8, 4) is 0 Å². The third kappa shape index (κ3) is 2.93. The van der Waals surface area contributed by atoms with Crippen LogP contribution in [0.4, 0.5) is 28.9 Å². The van der Waals surface area contributed by atoms with E-state index in [1.807, 2.05) is 0 Å². The summed E-state index contributed by atoms with van der Waals surface area (Å²) in [5.41, 5.74) is -0.754. The Bertz CT molecular complexity index is 663. The van der Waals surface area contributed by atoms with E-state index < -0.39 is 34.9 Å². The summed E-state index contributed by atoms with van der Waals surface area (Å²) in [6.45, 7) is 0. The molecule has 0 atom stereocenters. The Hall–Kier alpha value is -2.64. The second-order valence-corrected chi connectivity index (χ2v) is 3.98. The van der Waals surface area contributed by atoms with Crippen LogP contribution in [-0.2, 0) is 0 Å². The molecule has 2 aromatic rings. The number of rotatable bonds is 3. The van der Waals surface area contributed by atoms with E-state index in [-0.39, 0.29) is 11.8 Å². The average Bonchev–Trinajstić information content (AvgIpc) is 2.49. The highest BCUT2D eigenvalue weighted by molar-refractivity contribution is 6.03. The molecule has 0 bridgehead atoms. The first-order chi connectivity index (χ1) is 9.93. The summed E-state index contributed by atoms with van der Waals surface area (Å²) in [5, 5.41) is 4.52. The molecule has 0 fully saturated rings. The Kier molecular flexibility index (Phi) is 4.06. The van der Waals surface area contributed by atoms with Crippen molar-refractivity contribution in [1.29, 1.82) is 0 Å². The number of nitrogens with one attached hydrogen (secondary N) is 2. The van der Waals surface area contributed by atoms with Crippen molar-refractivity contribution in [1.82, 2.24) is 4.98 Å². The first-order valence-electron chi connectivity index (χ1n) is 5.72. The van der Waals surface area contributed by atoms with Crippen molar-refractivity contribution < 1.29 is 22.4 Å². The maximum atomic E-state index is 13.4. The highest BCUT2D eigenvalue weighted by Gasteiger charge is 2.21.